The third-order valence-electron chi connectivity index (χ3n) is 4.80. The highest BCUT2D eigenvalue weighted by Crippen LogP contribution is 2.23. The second-order valence-corrected chi connectivity index (χ2v) is 7.53. The summed E-state index contributed by atoms with van der Waals surface area (Å²) in [5.41, 5.74) is 4.53. The molecule has 2 aromatic carbocycles. The molecule has 28 heavy (non-hydrogen) atoms. The van der Waals surface area contributed by atoms with E-state index in [4.69, 9.17) is 11.6 Å². The third-order valence-corrected chi connectivity index (χ3v) is 5.04. The Labute approximate surface area is 170 Å². The molecular formula is C21H23ClN6. The Bertz CT molecular complexity index is 948. The average molecular weight is 395 g/mol. The molecule has 1 aliphatic rings. The molecule has 1 fully saturated rings. The highest BCUT2D eigenvalue weighted by Gasteiger charge is 2.19. The lowest BCUT2D eigenvalue weighted by atomic mass is 10.1. The predicted octanol–water partition coefficient (Wildman–Crippen LogP) is 4.21. The maximum Gasteiger partial charge on any atom is 0.249 e. The molecule has 3 aromatic rings. The van der Waals surface area contributed by atoms with Gasteiger partial charge < -0.3 is 15.1 Å². The van der Waals surface area contributed by atoms with E-state index in [0.717, 1.165) is 48.4 Å². The first-order valence-corrected chi connectivity index (χ1v) is 9.75. The Balaban J connectivity index is 1.43. The van der Waals surface area contributed by atoms with Gasteiger partial charge in [0.15, 0.2) is 5.82 Å². The fraction of sp³-hybridized carbons (Fsp3) is 0.286. The molecular weight excluding hydrogens is 372 g/mol. The van der Waals surface area contributed by atoms with Crippen LogP contribution in [0, 0.1) is 13.8 Å². The molecule has 0 spiro atoms. The van der Waals surface area contributed by atoms with Gasteiger partial charge in [-0.25, -0.2) is 0 Å². The van der Waals surface area contributed by atoms with Gasteiger partial charge >= 0.3 is 0 Å². The summed E-state index contributed by atoms with van der Waals surface area (Å²) in [6.07, 6.45) is 1.72. The highest BCUT2D eigenvalue weighted by molar-refractivity contribution is 6.30. The second-order valence-electron chi connectivity index (χ2n) is 7.09. The van der Waals surface area contributed by atoms with Gasteiger partial charge in [0.25, 0.3) is 0 Å². The van der Waals surface area contributed by atoms with Crippen molar-refractivity contribution < 1.29 is 0 Å². The molecule has 0 radical (unpaired) electrons. The minimum atomic E-state index is 0.514. The van der Waals surface area contributed by atoms with Crippen molar-refractivity contribution in [2.75, 3.05) is 41.3 Å². The Morgan fingerprint density at radius 1 is 0.929 bits per heavy atom. The first-order valence-electron chi connectivity index (χ1n) is 9.37. The average Bonchev–Trinajstić information content (AvgIpc) is 2.67. The van der Waals surface area contributed by atoms with Crippen molar-refractivity contribution in [3.63, 3.8) is 0 Å². The van der Waals surface area contributed by atoms with E-state index in [9.17, 15) is 0 Å². The zero-order chi connectivity index (χ0) is 19.5. The fourth-order valence-electron chi connectivity index (χ4n) is 3.54. The van der Waals surface area contributed by atoms with Crippen LogP contribution in [-0.4, -0.2) is 41.4 Å². The molecule has 6 nitrogen and oxygen atoms in total. The number of piperazine rings is 1. The molecule has 144 valence electrons. The molecule has 0 aliphatic carbocycles. The lowest BCUT2D eigenvalue weighted by molar-refractivity contribution is 0.645. The standard InChI is InChI=1S/C21H23ClN6/c1-15-10-16(2)12-18(11-15)24-21-25-20(14-23-26-21)28-8-6-27(7-9-28)19-5-3-4-17(22)13-19/h3-5,10-14H,6-9H2,1-2H3,(H,24,25,26). The molecule has 1 saturated heterocycles. The zero-order valence-corrected chi connectivity index (χ0v) is 16.8. The number of nitrogens with one attached hydrogen (secondary N) is 1. The van der Waals surface area contributed by atoms with Crippen molar-refractivity contribution in [2.45, 2.75) is 13.8 Å². The van der Waals surface area contributed by atoms with Crippen LogP contribution in [0.3, 0.4) is 0 Å². The SMILES string of the molecule is Cc1cc(C)cc(Nc2nncc(N3CCN(c4cccc(Cl)c4)CC3)n2)c1. The molecule has 1 N–H and O–H groups in total. The Morgan fingerprint density at radius 2 is 1.64 bits per heavy atom. The minimum absolute atomic E-state index is 0.514. The van der Waals surface area contributed by atoms with Gasteiger partial charge in [-0.15, -0.1) is 5.10 Å². The number of anilines is 4. The van der Waals surface area contributed by atoms with E-state index in [1.807, 2.05) is 18.2 Å². The quantitative estimate of drug-likeness (QED) is 0.715. The number of aromatic nitrogens is 3. The lowest BCUT2D eigenvalue weighted by Gasteiger charge is -2.36. The Kier molecular flexibility index (Phi) is 5.30. The van der Waals surface area contributed by atoms with E-state index in [0.29, 0.717) is 5.95 Å². The first kappa shape index (κ1) is 18.5. The van der Waals surface area contributed by atoms with Crippen LogP contribution in [0.25, 0.3) is 0 Å². The van der Waals surface area contributed by atoms with Crippen molar-refractivity contribution in [3.8, 4) is 0 Å². The molecule has 0 atom stereocenters. The van der Waals surface area contributed by atoms with Crippen LogP contribution in [0.15, 0.2) is 48.7 Å². The molecule has 7 heteroatoms. The summed E-state index contributed by atoms with van der Waals surface area (Å²) >= 11 is 6.12. The minimum Gasteiger partial charge on any atom is -0.368 e. The summed E-state index contributed by atoms with van der Waals surface area (Å²) in [4.78, 5) is 9.24. The summed E-state index contributed by atoms with van der Waals surface area (Å²) in [6.45, 7) is 7.71. The number of rotatable bonds is 4. The van der Waals surface area contributed by atoms with Crippen LogP contribution in [0.2, 0.25) is 5.02 Å². The lowest BCUT2D eigenvalue weighted by Crippen LogP contribution is -2.46. The van der Waals surface area contributed by atoms with Crippen LogP contribution in [0.5, 0.6) is 0 Å². The van der Waals surface area contributed by atoms with E-state index in [1.165, 1.54) is 11.1 Å². The van der Waals surface area contributed by atoms with E-state index < -0.39 is 0 Å². The van der Waals surface area contributed by atoms with Gasteiger partial charge in [0.2, 0.25) is 5.95 Å². The Morgan fingerprint density at radius 3 is 2.36 bits per heavy atom. The number of aryl methyl sites for hydroxylation is 2. The first-order chi connectivity index (χ1) is 13.6. The van der Waals surface area contributed by atoms with Crippen LogP contribution < -0.4 is 15.1 Å². The number of hydrogen-bond acceptors (Lipinski definition) is 6. The monoisotopic (exact) mass is 394 g/mol. The van der Waals surface area contributed by atoms with E-state index in [-0.39, 0.29) is 0 Å². The molecule has 1 aliphatic heterocycles. The largest absolute Gasteiger partial charge is 0.368 e. The summed E-state index contributed by atoms with van der Waals surface area (Å²) in [7, 11) is 0. The van der Waals surface area contributed by atoms with Gasteiger partial charge in [0.1, 0.15) is 0 Å². The van der Waals surface area contributed by atoms with Gasteiger partial charge in [0, 0.05) is 42.6 Å². The predicted molar refractivity (Wildman–Crippen MR) is 115 cm³/mol. The maximum absolute atomic E-state index is 6.12. The van der Waals surface area contributed by atoms with Crippen LogP contribution in [0.1, 0.15) is 11.1 Å². The van der Waals surface area contributed by atoms with Gasteiger partial charge in [-0.3, -0.25) is 0 Å². The van der Waals surface area contributed by atoms with Crippen molar-refractivity contribution in [2.24, 2.45) is 0 Å². The number of halogens is 1. The van der Waals surface area contributed by atoms with E-state index in [2.05, 4.69) is 68.4 Å². The van der Waals surface area contributed by atoms with Gasteiger partial charge in [0.05, 0.1) is 6.20 Å². The normalized spacial score (nSPS) is 14.2. The molecule has 0 unspecified atom stereocenters. The van der Waals surface area contributed by atoms with Crippen LogP contribution in [0.4, 0.5) is 23.1 Å². The number of nitrogens with zero attached hydrogens (tertiary/aromatic N) is 5. The Hall–Kier alpha value is -2.86. The molecule has 0 amide bonds. The smallest absolute Gasteiger partial charge is 0.249 e. The summed E-state index contributed by atoms with van der Waals surface area (Å²) < 4.78 is 0. The highest BCUT2D eigenvalue weighted by atomic mass is 35.5. The molecule has 2 heterocycles. The molecule has 0 bridgehead atoms. The second kappa shape index (κ2) is 8.02. The fourth-order valence-corrected chi connectivity index (χ4v) is 3.73. The summed E-state index contributed by atoms with van der Waals surface area (Å²) in [6, 6.07) is 14.3. The molecule has 1 aromatic heterocycles. The number of benzene rings is 2. The van der Waals surface area contributed by atoms with Crippen molar-refractivity contribution >= 4 is 34.7 Å². The van der Waals surface area contributed by atoms with Gasteiger partial charge in [-0.05, 0) is 55.3 Å². The molecule has 4 rings (SSSR count). The third kappa shape index (κ3) is 4.34. The van der Waals surface area contributed by atoms with Crippen molar-refractivity contribution in [1.29, 1.82) is 0 Å². The summed E-state index contributed by atoms with van der Waals surface area (Å²) in [5, 5.41) is 12.3. The van der Waals surface area contributed by atoms with Gasteiger partial charge in [-0.1, -0.05) is 23.7 Å². The van der Waals surface area contributed by atoms with Gasteiger partial charge in [-0.2, -0.15) is 10.1 Å². The van der Waals surface area contributed by atoms with Crippen LogP contribution in [-0.2, 0) is 0 Å². The van der Waals surface area contributed by atoms with Crippen molar-refractivity contribution in [3.05, 3.63) is 64.8 Å². The topological polar surface area (TPSA) is 57.2 Å². The summed E-state index contributed by atoms with van der Waals surface area (Å²) in [5.74, 6) is 1.35. The molecule has 0 saturated carbocycles. The van der Waals surface area contributed by atoms with Crippen molar-refractivity contribution in [1.82, 2.24) is 15.2 Å². The van der Waals surface area contributed by atoms with Crippen LogP contribution >= 0.6 is 11.6 Å². The maximum atomic E-state index is 6.12. The number of hydrogen-bond donors (Lipinski definition) is 1. The van der Waals surface area contributed by atoms with E-state index >= 15 is 0 Å². The zero-order valence-electron chi connectivity index (χ0n) is 16.1. The van der Waals surface area contributed by atoms with E-state index in [1.54, 1.807) is 6.20 Å².